The third kappa shape index (κ3) is 3.56. The average molecular weight is 316 g/mol. The van der Waals surface area contributed by atoms with E-state index in [9.17, 15) is 9.59 Å². The van der Waals surface area contributed by atoms with E-state index in [2.05, 4.69) is 15.4 Å². The van der Waals surface area contributed by atoms with Gasteiger partial charge in [0.25, 0.3) is 5.91 Å². The second kappa shape index (κ2) is 6.60. The van der Waals surface area contributed by atoms with E-state index in [1.807, 2.05) is 32.9 Å². The fourth-order valence-electron chi connectivity index (χ4n) is 2.37. The van der Waals surface area contributed by atoms with Gasteiger partial charge in [-0.25, -0.2) is 4.79 Å². The van der Waals surface area contributed by atoms with Crippen molar-refractivity contribution in [2.75, 3.05) is 0 Å². The molecule has 0 spiro atoms. The number of amides is 1. The van der Waals surface area contributed by atoms with Crippen molar-refractivity contribution < 1.29 is 14.7 Å². The summed E-state index contributed by atoms with van der Waals surface area (Å²) in [5, 5.41) is 15.7. The number of nitrogens with one attached hydrogen (secondary N) is 1. The maximum absolute atomic E-state index is 12.5. The second-order valence-corrected chi connectivity index (χ2v) is 5.74. The minimum Gasteiger partial charge on any atom is -0.476 e. The number of nitrogens with zero attached hydrogens (tertiary/aromatic N) is 3. The van der Waals surface area contributed by atoms with Crippen LogP contribution in [0.2, 0.25) is 0 Å². The SMILES string of the molecule is Cc1cccnc1C(NC(=O)c1cc(C(=O)O)nn1C)C(C)C. The lowest BCUT2D eigenvalue weighted by atomic mass is 9.97. The van der Waals surface area contributed by atoms with Gasteiger partial charge in [-0.05, 0) is 24.5 Å². The van der Waals surface area contributed by atoms with Gasteiger partial charge < -0.3 is 10.4 Å². The number of aromatic nitrogens is 3. The van der Waals surface area contributed by atoms with Gasteiger partial charge in [0, 0.05) is 19.3 Å². The lowest BCUT2D eigenvalue weighted by molar-refractivity contribution is 0.0689. The van der Waals surface area contributed by atoms with Gasteiger partial charge in [0.15, 0.2) is 5.69 Å². The van der Waals surface area contributed by atoms with Gasteiger partial charge in [0.2, 0.25) is 0 Å². The Hall–Kier alpha value is -2.70. The predicted octanol–water partition coefficient (Wildman–Crippen LogP) is 1.95. The van der Waals surface area contributed by atoms with Crippen LogP contribution in [0.4, 0.5) is 0 Å². The van der Waals surface area contributed by atoms with Gasteiger partial charge in [-0.3, -0.25) is 14.5 Å². The fourth-order valence-corrected chi connectivity index (χ4v) is 2.37. The molecule has 1 unspecified atom stereocenters. The molecule has 7 heteroatoms. The molecular formula is C16H20N4O3. The summed E-state index contributed by atoms with van der Waals surface area (Å²) in [6, 6.07) is 4.78. The first-order valence-corrected chi connectivity index (χ1v) is 7.31. The molecule has 2 aromatic heterocycles. The predicted molar refractivity (Wildman–Crippen MR) is 84.2 cm³/mol. The summed E-state index contributed by atoms with van der Waals surface area (Å²) in [7, 11) is 1.54. The van der Waals surface area contributed by atoms with Crippen LogP contribution in [0.25, 0.3) is 0 Å². The minimum atomic E-state index is -1.17. The molecule has 0 aliphatic heterocycles. The third-order valence-electron chi connectivity index (χ3n) is 3.63. The number of carbonyl (C=O) groups is 2. The quantitative estimate of drug-likeness (QED) is 0.878. The van der Waals surface area contributed by atoms with Crippen molar-refractivity contribution in [3.05, 3.63) is 47.0 Å². The summed E-state index contributed by atoms with van der Waals surface area (Å²) >= 11 is 0. The van der Waals surface area contributed by atoms with Crippen molar-refractivity contribution in [1.82, 2.24) is 20.1 Å². The molecule has 0 fully saturated rings. The molecule has 0 aliphatic rings. The highest BCUT2D eigenvalue weighted by atomic mass is 16.4. The van der Waals surface area contributed by atoms with E-state index < -0.39 is 5.97 Å². The smallest absolute Gasteiger partial charge is 0.356 e. The molecule has 0 saturated heterocycles. The number of carboxylic acid groups (broad SMARTS) is 1. The van der Waals surface area contributed by atoms with Gasteiger partial charge >= 0.3 is 5.97 Å². The molecule has 0 bridgehead atoms. The Bertz CT molecular complexity index is 737. The molecule has 0 aliphatic carbocycles. The van der Waals surface area contributed by atoms with E-state index in [-0.39, 0.29) is 29.3 Å². The standard InChI is InChI=1S/C16H20N4O3/c1-9(2)13(14-10(3)6-5-7-17-14)18-15(21)12-8-11(16(22)23)19-20(12)4/h5-9,13H,1-4H3,(H,18,21)(H,22,23). The first-order valence-electron chi connectivity index (χ1n) is 7.31. The molecular weight excluding hydrogens is 296 g/mol. The topological polar surface area (TPSA) is 97.1 Å². The molecule has 122 valence electrons. The number of hydrogen-bond acceptors (Lipinski definition) is 4. The molecule has 2 N–H and O–H groups in total. The number of aromatic carboxylic acids is 1. The van der Waals surface area contributed by atoms with Crippen LogP contribution in [0.1, 0.15) is 52.1 Å². The monoisotopic (exact) mass is 316 g/mol. The van der Waals surface area contributed by atoms with Crippen LogP contribution in [0, 0.1) is 12.8 Å². The lowest BCUT2D eigenvalue weighted by Crippen LogP contribution is -2.34. The first-order chi connectivity index (χ1) is 10.8. The number of hydrogen-bond donors (Lipinski definition) is 2. The van der Waals surface area contributed by atoms with Crippen LogP contribution < -0.4 is 5.32 Å². The highest BCUT2D eigenvalue weighted by Gasteiger charge is 2.24. The average Bonchev–Trinajstić information content (AvgIpc) is 2.87. The largest absolute Gasteiger partial charge is 0.476 e. The Labute approximate surface area is 134 Å². The van der Waals surface area contributed by atoms with Crippen molar-refractivity contribution in [3.63, 3.8) is 0 Å². The van der Waals surface area contributed by atoms with E-state index in [1.165, 1.54) is 17.8 Å². The van der Waals surface area contributed by atoms with Crippen LogP contribution >= 0.6 is 0 Å². The Balaban J connectivity index is 2.29. The molecule has 2 aromatic rings. The van der Waals surface area contributed by atoms with E-state index >= 15 is 0 Å². The van der Waals surface area contributed by atoms with Crippen LogP contribution in [0.15, 0.2) is 24.4 Å². The maximum atomic E-state index is 12.5. The van der Waals surface area contributed by atoms with Gasteiger partial charge in [0.05, 0.1) is 11.7 Å². The van der Waals surface area contributed by atoms with Crippen LogP contribution in [-0.2, 0) is 7.05 Å². The minimum absolute atomic E-state index is 0.125. The van der Waals surface area contributed by atoms with Crippen molar-refractivity contribution in [1.29, 1.82) is 0 Å². The van der Waals surface area contributed by atoms with Gasteiger partial charge in [-0.15, -0.1) is 0 Å². The summed E-state index contributed by atoms with van der Waals surface area (Å²) < 4.78 is 1.27. The third-order valence-corrected chi connectivity index (χ3v) is 3.63. The number of pyridine rings is 1. The van der Waals surface area contributed by atoms with Gasteiger partial charge in [-0.1, -0.05) is 19.9 Å². The molecule has 2 rings (SSSR count). The van der Waals surface area contributed by atoms with Crippen LogP contribution in [-0.4, -0.2) is 31.7 Å². The molecule has 0 saturated carbocycles. The maximum Gasteiger partial charge on any atom is 0.356 e. The highest BCUT2D eigenvalue weighted by molar-refractivity contribution is 5.95. The lowest BCUT2D eigenvalue weighted by Gasteiger charge is -2.23. The van der Waals surface area contributed by atoms with Crippen LogP contribution in [0.5, 0.6) is 0 Å². The molecule has 7 nitrogen and oxygen atoms in total. The zero-order chi connectivity index (χ0) is 17.1. The van der Waals surface area contributed by atoms with Crippen molar-refractivity contribution in [2.24, 2.45) is 13.0 Å². The number of aryl methyl sites for hydroxylation is 2. The zero-order valence-electron chi connectivity index (χ0n) is 13.6. The van der Waals surface area contributed by atoms with Gasteiger partial charge in [0.1, 0.15) is 5.69 Å². The van der Waals surface area contributed by atoms with Crippen molar-refractivity contribution in [2.45, 2.75) is 26.8 Å². The molecule has 1 amide bonds. The summed E-state index contributed by atoms with van der Waals surface area (Å²) in [6.07, 6.45) is 1.69. The number of carboxylic acids is 1. The summed E-state index contributed by atoms with van der Waals surface area (Å²) in [6.45, 7) is 5.92. The van der Waals surface area contributed by atoms with E-state index in [0.29, 0.717) is 0 Å². The Morgan fingerprint density at radius 2 is 2.04 bits per heavy atom. The molecule has 23 heavy (non-hydrogen) atoms. The molecule has 0 radical (unpaired) electrons. The second-order valence-electron chi connectivity index (χ2n) is 5.74. The zero-order valence-corrected chi connectivity index (χ0v) is 13.6. The Morgan fingerprint density at radius 1 is 1.35 bits per heavy atom. The van der Waals surface area contributed by atoms with Gasteiger partial charge in [-0.2, -0.15) is 5.10 Å². The molecule has 1 atom stereocenters. The van der Waals surface area contributed by atoms with E-state index in [1.54, 1.807) is 6.20 Å². The van der Waals surface area contributed by atoms with Crippen LogP contribution in [0.3, 0.4) is 0 Å². The Kier molecular flexibility index (Phi) is 4.78. The molecule has 2 heterocycles. The van der Waals surface area contributed by atoms with E-state index in [0.717, 1.165) is 11.3 Å². The Morgan fingerprint density at radius 3 is 2.57 bits per heavy atom. The first kappa shape index (κ1) is 16.7. The summed E-state index contributed by atoms with van der Waals surface area (Å²) in [4.78, 5) is 27.8. The van der Waals surface area contributed by atoms with Crippen molar-refractivity contribution in [3.8, 4) is 0 Å². The summed E-state index contributed by atoms with van der Waals surface area (Å²) in [5.41, 5.74) is 1.83. The number of carbonyl (C=O) groups excluding carboxylic acids is 1. The van der Waals surface area contributed by atoms with E-state index in [4.69, 9.17) is 5.11 Å². The number of rotatable bonds is 5. The van der Waals surface area contributed by atoms with Crippen molar-refractivity contribution >= 4 is 11.9 Å². The highest BCUT2D eigenvalue weighted by Crippen LogP contribution is 2.23. The summed E-state index contributed by atoms with van der Waals surface area (Å²) in [5.74, 6) is -1.42. The fraction of sp³-hybridized carbons (Fsp3) is 0.375. The molecule has 0 aromatic carbocycles. The normalized spacial score (nSPS) is 12.2.